The minimum atomic E-state index is -0.454. The van der Waals surface area contributed by atoms with E-state index >= 15 is 0 Å². The van der Waals surface area contributed by atoms with Crippen LogP contribution >= 0.6 is 0 Å². The van der Waals surface area contributed by atoms with E-state index in [1.165, 1.54) is 5.39 Å². The summed E-state index contributed by atoms with van der Waals surface area (Å²) in [6.07, 6.45) is -0.454. The highest BCUT2D eigenvalue weighted by Crippen LogP contribution is 2.21. The number of amides is 1. The van der Waals surface area contributed by atoms with Crippen LogP contribution in [0, 0.1) is 0 Å². The maximum absolute atomic E-state index is 12.3. The van der Waals surface area contributed by atoms with Crippen molar-refractivity contribution in [2.24, 2.45) is 0 Å². The number of fused-ring (bicyclic) bond motifs is 1. The molecule has 4 heteroatoms. The van der Waals surface area contributed by atoms with Gasteiger partial charge in [0.05, 0.1) is 0 Å². The molecule has 4 nitrogen and oxygen atoms in total. The third-order valence-corrected chi connectivity index (χ3v) is 3.81. The van der Waals surface area contributed by atoms with Gasteiger partial charge in [-0.05, 0) is 29.8 Å². The number of carbonyl (C=O) groups is 1. The van der Waals surface area contributed by atoms with Crippen LogP contribution in [0.25, 0.3) is 10.8 Å². The van der Waals surface area contributed by atoms with Crippen molar-refractivity contribution in [2.45, 2.75) is 13.0 Å². The van der Waals surface area contributed by atoms with Crippen molar-refractivity contribution in [1.82, 2.24) is 10.2 Å². The summed E-state index contributed by atoms with van der Waals surface area (Å²) in [5.41, 5.74) is 0. The van der Waals surface area contributed by atoms with Crippen molar-refractivity contribution in [3.63, 3.8) is 0 Å². The molecule has 0 bridgehead atoms. The van der Waals surface area contributed by atoms with E-state index in [1.807, 2.05) is 48.2 Å². The Labute approximate surface area is 124 Å². The van der Waals surface area contributed by atoms with E-state index in [0.29, 0.717) is 0 Å². The Kier molecular flexibility index (Phi) is 4.06. The molecule has 1 aliphatic rings. The predicted molar refractivity (Wildman–Crippen MR) is 83.5 cm³/mol. The van der Waals surface area contributed by atoms with Crippen molar-refractivity contribution in [2.75, 3.05) is 26.2 Å². The molecule has 0 spiro atoms. The summed E-state index contributed by atoms with van der Waals surface area (Å²) in [7, 11) is 0. The highest BCUT2D eigenvalue weighted by atomic mass is 16.5. The lowest BCUT2D eigenvalue weighted by molar-refractivity contribution is -0.138. The fourth-order valence-electron chi connectivity index (χ4n) is 2.64. The molecule has 21 heavy (non-hydrogen) atoms. The molecule has 2 aromatic carbocycles. The van der Waals surface area contributed by atoms with Gasteiger partial charge in [0.1, 0.15) is 5.75 Å². The Bertz CT molecular complexity index is 635. The molecule has 0 saturated carbocycles. The molecule has 0 aliphatic carbocycles. The molecule has 1 aliphatic heterocycles. The van der Waals surface area contributed by atoms with Crippen LogP contribution in [0.3, 0.4) is 0 Å². The highest BCUT2D eigenvalue weighted by Gasteiger charge is 2.23. The normalized spacial score (nSPS) is 16.7. The number of nitrogens with one attached hydrogen (secondary N) is 1. The largest absolute Gasteiger partial charge is 0.481 e. The van der Waals surface area contributed by atoms with Crippen molar-refractivity contribution >= 4 is 16.7 Å². The average Bonchev–Trinajstić information content (AvgIpc) is 2.55. The quantitative estimate of drug-likeness (QED) is 0.938. The number of hydrogen-bond donors (Lipinski definition) is 1. The zero-order chi connectivity index (χ0) is 14.7. The molecule has 1 heterocycles. The first-order valence-corrected chi connectivity index (χ1v) is 7.39. The number of carbonyl (C=O) groups excluding carboxylic acids is 1. The van der Waals surface area contributed by atoms with Gasteiger partial charge >= 0.3 is 0 Å². The van der Waals surface area contributed by atoms with Crippen LogP contribution in [0.1, 0.15) is 6.92 Å². The fraction of sp³-hybridized carbons (Fsp3) is 0.353. The van der Waals surface area contributed by atoms with Crippen molar-refractivity contribution in [3.05, 3.63) is 42.5 Å². The van der Waals surface area contributed by atoms with Gasteiger partial charge in [-0.3, -0.25) is 4.79 Å². The standard InChI is InChI=1S/C17H20N2O2/c1-13(17(20)19-10-8-18-9-11-19)21-16-7-6-14-4-2-3-5-15(14)12-16/h2-7,12-13,18H,8-11H2,1H3. The maximum Gasteiger partial charge on any atom is 0.263 e. The van der Waals surface area contributed by atoms with E-state index in [4.69, 9.17) is 4.74 Å². The number of hydrogen-bond acceptors (Lipinski definition) is 3. The molecule has 1 atom stereocenters. The second-order valence-electron chi connectivity index (χ2n) is 5.34. The summed E-state index contributed by atoms with van der Waals surface area (Å²) in [6, 6.07) is 14.0. The summed E-state index contributed by atoms with van der Waals surface area (Å²) < 4.78 is 5.83. The molecule has 0 aromatic heterocycles. The van der Waals surface area contributed by atoms with Gasteiger partial charge in [0, 0.05) is 26.2 Å². The Morgan fingerprint density at radius 1 is 1.14 bits per heavy atom. The zero-order valence-corrected chi connectivity index (χ0v) is 12.2. The lowest BCUT2D eigenvalue weighted by atomic mass is 10.1. The van der Waals surface area contributed by atoms with Crippen LogP contribution in [-0.2, 0) is 4.79 Å². The van der Waals surface area contributed by atoms with E-state index in [0.717, 1.165) is 37.3 Å². The summed E-state index contributed by atoms with van der Waals surface area (Å²) in [4.78, 5) is 14.2. The Hall–Kier alpha value is -2.07. The topological polar surface area (TPSA) is 41.6 Å². The van der Waals surface area contributed by atoms with Crippen LogP contribution in [0.4, 0.5) is 0 Å². The SMILES string of the molecule is CC(Oc1ccc2ccccc2c1)C(=O)N1CCNCC1. The van der Waals surface area contributed by atoms with Gasteiger partial charge in [-0.25, -0.2) is 0 Å². The second kappa shape index (κ2) is 6.14. The zero-order valence-electron chi connectivity index (χ0n) is 12.2. The average molecular weight is 284 g/mol. The maximum atomic E-state index is 12.3. The third kappa shape index (κ3) is 3.16. The first-order chi connectivity index (χ1) is 10.2. The number of ether oxygens (including phenoxy) is 1. The van der Waals surface area contributed by atoms with E-state index in [1.54, 1.807) is 0 Å². The Morgan fingerprint density at radius 3 is 2.62 bits per heavy atom. The highest BCUT2D eigenvalue weighted by molar-refractivity contribution is 5.84. The predicted octanol–water partition coefficient (Wildman–Crippen LogP) is 2.04. The summed E-state index contributed by atoms with van der Waals surface area (Å²) in [5.74, 6) is 0.800. The minimum Gasteiger partial charge on any atom is -0.481 e. The van der Waals surface area contributed by atoms with Crippen LogP contribution in [0.15, 0.2) is 42.5 Å². The third-order valence-electron chi connectivity index (χ3n) is 3.81. The van der Waals surface area contributed by atoms with E-state index < -0.39 is 6.10 Å². The lowest BCUT2D eigenvalue weighted by Gasteiger charge is -2.29. The first kappa shape index (κ1) is 13.9. The Balaban J connectivity index is 1.70. The molecule has 110 valence electrons. The molecule has 1 fully saturated rings. The molecule has 1 N–H and O–H groups in total. The van der Waals surface area contributed by atoms with Gasteiger partial charge in [0.2, 0.25) is 0 Å². The van der Waals surface area contributed by atoms with Gasteiger partial charge < -0.3 is 15.0 Å². The number of benzene rings is 2. The van der Waals surface area contributed by atoms with E-state index in [2.05, 4.69) is 11.4 Å². The molecular weight excluding hydrogens is 264 g/mol. The summed E-state index contributed by atoms with van der Waals surface area (Å²) in [5, 5.41) is 5.54. The fourth-order valence-corrected chi connectivity index (χ4v) is 2.64. The van der Waals surface area contributed by atoms with Gasteiger partial charge in [-0.2, -0.15) is 0 Å². The van der Waals surface area contributed by atoms with Crippen molar-refractivity contribution in [3.8, 4) is 5.75 Å². The van der Waals surface area contributed by atoms with Gasteiger partial charge in [0.25, 0.3) is 5.91 Å². The summed E-state index contributed by atoms with van der Waals surface area (Å²) in [6.45, 7) is 5.04. The van der Waals surface area contributed by atoms with Crippen LogP contribution in [-0.4, -0.2) is 43.1 Å². The monoisotopic (exact) mass is 284 g/mol. The molecule has 1 amide bonds. The number of nitrogens with zero attached hydrogens (tertiary/aromatic N) is 1. The minimum absolute atomic E-state index is 0.0599. The van der Waals surface area contributed by atoms with Gasteiger partial charge in [-0.1, -0.05) is 30.3 Å². The van der Waals surface area contributed by atoms with Crippen molar-refractivity contribution < 1.29 is 9.53 Å². The second-order valence-corrected chi connectivity index (χ2v) is 5.34. The van der Waals surface area contributed by atoms with Crippen LogP contribution in [0.2, 0.25) is 0 Å². The first-order valence-electron chi connectivity index (χ1n) is 7.39. The smallest absolute Gasteiger partial charge is 0.263 e. The van der Waals surface area contributed by atoms with Crippen LogP contribution < -0.4 is 10.1 Å². The molecule has 1 saturated heterocycles. The molecular formula is C17H20N2O2. The van der Waals surface area contributed by atoms with Gasteiger partial charge in [0.15, 0.2) is 6.10 Å². The molecule has 1 unspecified atom stereocenters. The van der Waals surface area contributed by atoms with Crippen LogP contribution in [0.5, 0.6) is 5.75 Å². The summed E-state index contributed by atoms with van der Waals surface area (Å²) >= 11 is 0. The molecule has 2 aromatic rings. The molecule has 3 rings (SSSR count). The van der Waals surface area contributed by atoms with E-state index in [9.17, 15) is 4.79 Å². The number of piperazine rings is 1. The lowest BCUT2D eigenvalue weighted by Crippen LogP contribution is -2.50. The number of rotatable bonds is 3. The molecule has 0 radical (unpaired) electrons. The van der Waals surface area contributed by atoms with Crippen molar-refractivity contribution in [1.29, 1.82) is 0 Å². The van der Waals surface area contributed by atoms with E-state index in [-0.39, 0.29) is 5.91 Å². The Morgan fingerprint density at radius 2 is 1.86 bits per heavy atom. The van der Waals surface area contributed by atoms with Gasteiger partial charge in [-0.15, -0.1) is 0 Å².